The number of cyclic esters (lactones) is 1. The van der Waals surface area contributed by atoms with Crippen molar-refractivity contribution in [2.24, 2.45) is 11.3 Å². The number of nitriles is 1. The monoisotopic (exact) mass is 628 g/mol. The summed E-state index contributed by atoms with van der Waals surface area (Å²) in [5.74, 6) is -0.673. The van der Waals surface area contributed by atoms with Crippen LogP contribution in [0.4, 0.5) is 4.79 Å². The minimum Gasteiger partial charge on any atom is -0.496 e. The van der Waals surface area contributed by atoms with Crippen LogP contribution in [-0.4, -0.2) is 71.4 Å². The zero-order valence-electron chi connectivity index (χ0n) is 26.5. The van der Waals surface area contributed by atoms with Gasteiger partial charge in [0, 0.05) is 22.6 Å². The number of pyridine rings is 1. The fraction of sp³-hybridized carbons (Fsp3) is 0.514. The van der Waals surface area contributed by atoms with Crippen molar-refractivity contribution in [3.63, 3.8) is 0 Å². The van der Waals surface area contributed by atoms with Gasteiger partial charge in [-0.25, -0.2) is 14.6 Å². The van der Waals surface area contributed by atoms with E-state index in [1.54, 1.807) is 19.2 Å². The lowest BCUT2D eigenvalue weighted by Crippen LogP contribution is -2.54. The fourth-order valence-electron chi connectivity index (χ4n) is 7.22. The normalized spacial score (nSPS) is 24.1. The van der Waals surface area contributed by atoms with E-state index in [9.17, 15) is 24.8 Å². The van der Waals surface area contributed by atoms with Crippen molar-refractivity contribution in [1.82, 2.24) is 15.2 Å². The first-order valence-corrected chi connectivity index (χ1v) is 16.0. The molecule has 2 aromatic carbocycles. The number of nitrogens with zero attached hydrogens (tertiary/aromatic N) is 3. The van der Waals surface area contributed by atoms with Crippen molar-refractivity contribution in [3.05, 3.63) is 41.5 Å². The number of alkyl carbamates (subject to hydrolysis) is 1. The summed E-state index contributed by atoms with van der Waals surface area (Å²) in [6.07, 6.45) is 4.36. The number of rotatable bonds is 3. The molecule has 2 N–H and O–H groups in total. The van der Waals surface area contributed by atoms with Gasteiger partial charge >= 0.3 is 12.1 Å². The lowest BCUT2D eigenvalue weighted by Gasteiger charge is -2.31. The van der Waals surface area contributed by atoms with Crippen molar-refractivity contribution in [1.29, 1.82) is 5.26 Å². The van der Waals surface area contributed by atoms with E-state index in [1.165, 1.54) is 4.90 Å². The first kappa shape index (κ1) is 31.4. The summed E-state index contributed by atoms with van der Waals surface area (Å²) >= 11 is 0. The molecule has 4 bridgehead atoms. The fourth-order valence-corrected chi connectivity index (χ4v) is 7.22. The number of carbonyl (C=O) groups is 3. The number of carboxylic acids is 1. The number of aromatic nitrogens is 1. The van der Waals surface area contributed by atoms with Crippen LogP contribution in [0.3, 0.4) is 0 Å². The van der Waals surface area contributed by atoms with Gasteiger partial charge in [0.05, 0.1) is 37.4 Å². The summed E-state index contributed by atoms with van der Waals surface area (Å²) in [5, 5.41) is 25.0. The number of hydrogen-bond donors (Lipinski definition) is 2. The third kappa shape index (κ3) is 6.26. The number of methoxy groups -OCH3 is 1. The number of hydrogen-bond acceptors (Lipinski definition) is 8. The van der Waals surface area contributed by atoms with Crippen molar-refractivity contribution in [3.8, 4) is 17.7 Å². The van der Waals surface area contributed by atoms with Crippen LogP contribution in [-0.2, 0) is 20.7 Å². The smallest absolute Gasteiger partial charge is 0.407 e. The number of nitrogens with one attached hydrogen (secondary N) is 1. The van der Waals surface area contributed by atoms with E-state index in [2.05, 4.69) is 11.4 Å². The highest BCUT2D eigenvalue weighted by Gasteiger charge is 2.45. The third-order valence-corrected chi connectivity index (χ3v) is 9.70. The lowest BCUT2D eigenvalue weighted by atomic mass is 9.87. The summed E-state index contributed by atoms with van der Waals surface area (Å²) < 4.78 is 18.0. The molecule has 2 fully saturated rings. The molecular weight excluding hydrogens is 588 g/mol. The van der Waals surface area contributed by atoms with Crippen LogP contribution in [0.25, 0.3) is 21.7 Å². The van der Waals surface area contributed by atoms with Crippen molar-refractivity contribution >= 4 is 39.6 Å². The first-order chi connectivity index (χ1) is 22.1. The highest BCUT2D eigenvalue weighted by atomic mass is 16.5. The third-order valence-electron chi connectivity index (χ3n) is 9.70. The van der Waals surface area contributed by atoms with E-state index in [0.717, 1.165) is 60.2 Å². The Kier molecular flexibility index (Phi) is 8.64. The molecule has 0 spiro atoms. The molecule has 6 rings (SSSR count). The average molecular weight is 629 g/mol. The van der Waals surface area contributed by atoms with Crippen molar-refractivity contribution in [2.75, 3.05) is 20.3 Å². The molecule has 1 aliphatic carbocycles. The Morgan fingerprint density at radius 1 is 1.13 bits per heavy atom. The molecule has 242 valence electrons. The van der Waals surface area contributed by atoms with Crippen LogP contribution in [0.2, 0.25) is 0 Å². The lowest BCUT2D eigenvalue weighted by molar-refractivity contribution is -0.149. The maximum absolute atomic E-state index is 14.1. The van der Waals surface area contributed by atoms with Crippen LogP contribution < -0.4 is 14.8 Å². The molecule has 3 heterocycles. The molecule has 1 saturated heterocycles. The van der Waals surface area contributed by atoms with Gasteiger partial charge in [0.1, 0.15) is 23.9 Å². The Hall–Kier alpha value is -4.59. The highest BCUT2D eigenvalue weighted by Crippen LogP contribution is 2.39. The van der Waals surface area contributed by atoms with Gasteiger partial charge in [-0.15, -0.1) is 0 Å². The van der Waals surface area contributed by atoms with Gasteiger partial charge in [-0.05, 0) is 73.3 Å². The molecule has 0 radical (unpaired) electrons. The number of carboxylic acid groups (broad SMARTS) is 1. The van der Waals surface area contributed by atoms with Crippen LogP contribution >= 0.6 is 0 Å². The number of ether oxygens (including phenoxy) is 3. The summed E-state index contributed by atoms with van der Waals surface area (Å²) in [4.78, 5) is 45.8. The molecule has 1 aromatic heterocycles. The highest BCUT2D eigenvalue weighted by molar-refractivity contribution is 6.09. The standard InChI is InChI=1S/C35H40N4O7/c1-35(2)12-6-9-22-14-26-25(16-29(22)44-3)24-11-10-20(17-36)13-27(24)37-31(26)46-23-15-28(33(41)42)39(18-23)32(40)30(21-7-4-5-8-21)38-34(43)45-19-35/h10-11,13-14,16,21,23,28,30H,4-9,12,15,18-19H2,1-3H3,(H,38,43)(H,41,42)/t23-,28+,30+/m1/s1. The van der Waals surface area contributed by atoms with Crippen molar-refractivity contribution in [2.45, 2.75) is 83.4 Å². The van der Waals surface area contributed by atoms with Gasteiger partial charge < -0.3 is 29.5 Å². The number of benzene rings is 2. The minimum absolute atomic E-state index is 0.0191. The van der Waals surface area contributed by atoms with Crippen molar-refractivity contribution < 1.29 is 33.7 Å². The molecular formula is C35H40N4O7. The van der Waals surface area contributed by atoms with E-state index in [4.69, 9.17) is 19.2 Å². The number of fused-ring (bicyclic) bond motifs is 5. The second-order valence-electron chi connectivity index (χ2n) is 13.6. The molecule has 1 saturated carbocycles. The summed E-state index contributed by atoms with van der Waals surface area (Å²) in [5.41, 5.74) is 1.63. The number of aryl methyl sites for hydroxylation is 1. The van der Waals surface area contributed by atoms with Crippen LogP contribution in [0.15, 0.2) is 30.3 Å². The van der Waals surface area contributed by atoms with Crippen LogP contribution in [0, 0.1) is 22.7 Å². The molecule has 2 aliphatic heterocycles. The summed E-state index contributed by atoms with van der Waals surface area (Å²) in [7, 11) is 1.63. The van der Waals surface area contributed by atoms with E-state index in [-0.39, 0.29) is 30.9 Å². The molecule has 2 amide bonds. The van der Waals surface area contributed by atoms with Crippen LogP contribution in [0.1, 0.15) is 69.9 Å². The van der Waals surface area contributed by atoms with Gasteiger partial charge in [-0.2, -0.15) is 5.26 Å². The largest absolute Gasteiger partial charge is 0.496 e. The predicted octanol–water partition coefficient (Wildman–Crippen LogP) is 5.35. The first-order valence-electron chi connectivity index (χ1n) is 16.0. The van der Waals surface area contributed by atoms with E-state index >= 15 is 0 Å². The summed E-state index contributed by atoms with van der Waals surface area (Å²) in [6, 6.07) is 9.41. The second kappa shape index (κ2) is 12.7. The predicted molar refractivity (Wildman–Crippen MR) is 170 cm³/mol. The van der Waals surface area contributed by atoms with E-state index in [0.29, 0.717) is 29.1 Å². The number of aliphatic carboxylic acids is 1. The SMILES string of the molecule is COc1cc2c3cc1CCCC(C)(C)COC(=O)N[C@@H](C1CCCC1)C(=O)N1C[C@@H](C[C@H]1C(=O)O)Oc3nc1cc(C#N)ccc12. The van der Waals surface area contributed by atoms with Gasteiger partial charge in [-0.1, -0.05) is 32.8 Å². The summed E-state index contributed by atoms with van der Waals surface area (Å²) in [6.45, 7) is 4.26. The molecule has 11 nitrogen and oxygen atoms in total. The zero-order chi connectivity index (χ0) is 32.6. The molecule has 3 atom stereocenters. The number of carbonyl (C=O) groups excluding carboxylic acids is 2. The Bertz CT molecular complexity index is 1730. The maximum atomic E-state index is 14.1. The molecule has 46 heavy (non-hydrogen) atoms. The van der Waals surface area contributed by atoms with E-state index in [1.807, 2.05) is 32.0 Å². The topological polar surface area (TPSA) is 151 Å². The molecule has 3 aliphatic rings. The quantitative estimate of drug-likeness (QED) is 0.366. The van der Waals surface area contributed by atoms with Gasteiger partial charge in [0.25, 0.3) is 0 Å². The Labute approximate surface area is 267 Å². The zero-order valence-corrected chi connectivity index (χ0v) is 26.5. The van der Waals surface area contributed by atoms with Gasteiger partial charge in [0.2, 0.25) is 11.8 Å². The Morgan fingerprint density at radius 3 is 2.63 bits per heavy atom. The molecule has 3 aromatic rings. The van der Waals surface area contributed by atoms with E-state index < -0.39 is 36.2 Å². The van der Waals surface area contributed by atoms with Crippen LogP contribution in [0.5, 0.6) is 11.6 Å². The van der Waals surface area contributed by atoms with Gasteiger partial charge in [-0.3, -0.25) is 4.79 Å². The molecule has 11 heteroatoms. The number of amides is 2. The second-order valence-corrected chi connectivity index (χ2v) is 13.6. The Morgan fingerprint density at radius 2 is 1.91 bits per heavy atom. The Balaban J connectivity index is 1.46. The minimum atomic E-state index is -1.14. The maximum Gasteiger partial charge on any atom is 0.407 e. The average Bonchev–Trinajstić information content (AvgIpc) is 3.72. The molecule has 0 unspecified atom stereocenters. The van der Waals surface area contributed by atoms with Gasteiger partial charge in [0.15, 0.2) is 0 Å².